The highest BCUT2D eigenvalue weighted by Crippen LogP contribution is 2.16. The maximum absolute atomic E-state index is 12.9. The molecule has 0 radical (unpaired) electrons. The molecular formula is C75H126O6. The van der Waals surface area contributed by atoms with Gasteiger partial charge >= 0.3 is 17.9 Å². The summed E-state index contributed by atoms with van der Waals surface area (Å²) in [5.41, 5.74) is 0. The first-order valence-electron chi connectivity index (χ1n) is 34.0. The molecule has 0 heterocycles. The van der Waals surface area contributed by atoms with Crippen molar-refractivity contribution in [3.63, 3.8) is 0 Å². The van der Waals surface area contributed by atoms with E-state index >= 15 is 0 Å². The summed E-state index contributed by atoms with van der Waals surface area (Å²) in [7, 11) is 0. The number of ether oxygens (including phenoxy) is 3. The Hall–Kier alpha value is -4.19. The second kappa shape index (κ2) is 68.3. The number of hydrogen-bond acceptors (Lipinski definition) is 6. The Balaban J connectivity index is 4.36. The summed E-state index contributed by atoms with van der Waals surface area (Å²) in [5, 5.41) is 0. The molecule has 462 valence electrons. The quantitative estimate of drug-likeness (QED) is 0.0261. The molecule has 0 saturated carbocycles. The van der Waals surface area contributed by atoms with Crippen molar-refractivity contribution in [1.29, 1.82) is 0 Å². The molecule has 0 aromatic carbocycles. The summed E-state index contributed by atoms with van der Waals surface area (Å²) in [6.07, 6.45) is 94.9. The fourth-order valence-corrected chi connectivity index (χ4v) is 9.40. The van der Waals surface area contributed by atoms with Gasteiger partial charge in [0.2, 0.25) is 0 Å². The third-order valence-electron chi connectivity index (χ3n) is 14.4. The summed E-state index contributed by atoms with van der Waals surface area (Å²) < 4.78 is 17.0. The van der Waals surface area contributed by atoms with Crippen LogP contribution in [-0.4, -0.2) is 37.2 Å². The SMILES string of the molecule is CC/C=C\C/C=C\C/C=C\C/C=C\C/C=C\CCCCCCCCCCCCCC(=O)OCC(COC(=O)CCCCCCCCC/C=C\C/C=C\C/C=C\CC)OC(=O)CCCCCCCCCCC/C=C\C/C=C\CCCCC. The van der Waals surface area contributed by atoms with Gasteiger partial charge in [0.1, 0.15) is 13.2 Å². The van der Waals surface area contributed by atoms with Crippen LogP contribution in [0.5, 0.6) is 0 Å². The summed E-state index contributed by atoms with van der Waals surface area (Å²) in [6.45, 7) is 6.41. The number of carbonyl (C=O) groups excluding carboxylic acids is 3. The predicted molar refractivity (Wildman–Crippen MR) is 353 cm³/mol. The molecule has 1 unspecified atom stereocenters. The molecule has 0 aliphatic rings. The molecule has 0 amide bonds. The van der Waals surface area contributed by atoms with Gasteiger partial charge in [-0.05, 0) is 128 Å². The van der Waals surface area contributed by atoms with E-state index < -0.39 is 6.10 Å². The van der Waals surface area contributed by atoms with Gasteiger partial charge in [-0.2, -0.15) is 0 Å². The number of rotatable bonds is 61. The molecule has 0 bridgehead atoms. The topological polar surface area (TPSA) is 78.9 Å². The lowest BCUT2D eigenvalue weighted by Gasteiger charge is -2.18. The lowest BCUT2D eigenvalue weighted by molar-refractivity contribution is -0.167. The maximum atomic E-state index is 12.9. The Morgan fingerprint density at radius 1 is 0.259 bits per heavy atom. The number of hydrogen-bond donors (Lipinski definition) is 0. The van der Waals surface area contributed by atoms with Crippen molar-refractivity contribution in [2.75, 3.05) is 13.2 Å². The monoisotopic (exact) mass is 1120 g/mol. The van der Waals surface area contributed by atoms with E-state index in [2.05, 4.69) is 142 Å². The molecule has 1 atom stereocenters. The smallest absolute Gasteiger partial charge is 0.306 e. The van der Waals surface area contributed by atoms with Crippen molar-refractivity contribution in [2.45, 2.75) is 322 Å². The number of esters is 3. The Labute approximate surface area is 501 Å². The highest BCUT2D eigenvalue weighted by Gasteiger charge is 2.19. The van der Waals surface area contributed by atoms with Gasteiger partial charge in [0.05, 0.1) is 0 Å². The van der Waals surface area contributed by atoms with Crippen molar-refractivity contribution in [3.8, 4) is 0 Å². The molecule has 0 aromatic heterocycles. The standard InChI is InChI=1S/C75H126O6/c1-4-7-10-13-16-19-22-25-28-31-33-34-35-36-37-38-39-40-42-44-47-50-53-56-59-62-65-68-74(77)80-71-72(70-79-73(76)67-64-61-58-55-52-49-46-43-30-27-24-21-18-15-12-9-6-3)81-75(78)69-66-63-60-57-54-51-48-45-41-32-29-26-23-20-17-14-11-8-5-2/h7,9-10,12,16-21,25-30,33-34,36-37,72H,4-6,8,11,13-15,22-24,31-32,35,38-71H2,1-3H3/b10-7-,12-9-,19-16-,20-17-,21-18-,28-25-,29-26-,30-27-,34-33-,37-36-. The first-order valence-corrected chi connectivity index (χ1v) is 34.0. The molecular weight excluding hydrogens is 997 g/mol. The van der Waals surface area contributed by atoms with Gasteiger partial charge in [-0.15, -0.1) is 0 Å². The van der Waals surface area contributed by atoms with E-state index in [1.54, 1.807) is 0 Å². The molecule has 0 fully saturated rings. The number of carbonyl (C=O) groups is 3. The van der Waals surface area contributed by atoms with E-state index in [0.29, 0.717) is 19.3 Å². The van der Waals surface area contributed by atoms with Gasteiger partial charge in [0.15, 0.2) is 6.10 Å². The second-order valence-electron chi connectivity index (χ2n) is 22.3. The van der Waals surface area contributed by atoms with Gasteiger partial charge in [-0.25, -0.2) is 0 Å². The molecule has 81 heavy (non-hydrogen) atoms. The summed E-state index contributed by atoms with van der Waals surface area (Å²) in [4.78, 5) is 38.4. The number of unbranched alkanes of at least 4 members (excludes halogenated alkanes) is 30. The Morgan fingerprint density at radius 2 is 0.481 bits per heavy atom. The van der Waals surface area contributed by atoms with E-state index in [9.17, 15) is 14.4 Å². The van der Waals surface area contributed by atoms with Crippen LogP contribution in [0.25, 0.3) is 0 Å². The molecule has 0 aliphatic carbocycles. The van der Waals surface area contributed by atoms with E-state index in [0.717, 1.165) is 122 Å². The van der Waals surface area contributed by atoms with Crippen LogP contribution < -0.4 is 0 Å². The maximum Gasteiger partial charge on any atom is 0.306 e. The average Bonchev–Trinajstić information content (AvgIpc) is 3.47. The van der Waals surface area contributed by atoms with Crippen LogP contribution in [0.1, 0.15) is 316 Å². The zero-order valence-electron chi connectivity index (χ0n) is 53.0. The van der Waals surface area contributed by atoms with E-state index in [1.807, 2.05) is 0 Å². The van der Waals surface area contributed by atoms with Gasteiger partial charge in [0, 0.05) is 19.3 Å². The second-order valence-corrected chi connectivity index (χ2v) is 22.3. The minimum atomic E-state index is -0.791. The van der Waals surface area contributed by atoms with Crippen molar-refractivity contribution >= 4 is 17.9 Å². The Morgan fingerprint density at radius 3 is 0.753 bits per heavy atom. The average molecular weight is 1120 g/mol. The van der Waals surface area contributed by atoms with Gasteiger partial charge in [0.25, 0.3) is 0 Å². The third-order valence-corrected chi connectivity index (χ3v) is 14.4. The van der Waals surface area contributed by atoms with Gasteiger partial charge in [-0.1, -0.05) is 290 Å². The largest absolute Gasteiger partial charge is 0.462 e. The van der Waals surface area contributed by atoms with E-state index in [-0.39, 0.29) is 31.1 Å². The molecule has 0 aromatic rings. The lowest BCUT2D eigenvalue weighted by atomic mass is 10.0. The third kappa shape index (κ3) is 66.5. The van der Waals surface area contributed by atoms with Crippen LogP contribution in [0.3, 0.4) is 0 Å². The van der Waals surface area contributed by atoms with E-state index in [4.69, 9.17) is 14.2 Å². The molecule has 6 nitrogen and oxygen atoms in total. The summed E-state index contributed by atoms with van der Waals surface area (Å²) in [5.74, 6) is -0.893. The Bertz CT molecular complexity index is 1670. The summed E-state index contributed by atoms with van der Waals surface area (Å²) in [6, 6.07) is 0. The van der Waals surface area contributed by atoms with Crippen molar-refractivity contribution < 1.29 is 28.6 Å². The van der Waals surface area contributed by atoms with Crippen LogP contribution in [-0.2, 0) is 28.6 Å². The molecule has 0 rings (SSSR count). The molecule has 0 saturated heterocycles. The van der Waals surface area contributed by atoms with Crippen molar-refractivity contribution in [3.05, 3.63) is 122 Å². The fraction of sp³-hybridized carbons (Fsp3) is 0.693. The summed E-state index contributed by atoms with van der Waals surface area (Å²) >= 11 is 0. The van der Waals surface area contributed by atoms with Crippen LogP contribution in [0.2, 0.25) is 0 Å². The molecule has 0 N–H and O–H groups in total. The molecule has 0 spiro atoms. The highest BCUT2D eigenvalue weighted by atomic mass is 16.6. The van der Waals surface area contributed by atoms with Crippen LogP contribution in [0.15, 0.2) is 122 Å². The first-order chi connectivity index (χ1) is 40.0. The number of allylic oxidation sites excluding steroid dienone is 20. The van der Waals surface area contributed by atoms with E-state index in [1.165, 1.54) is 154 Å². The van der Waals surface area contributed by atoms with Crippen LogP contribution in [0.4, 0.5) is 0 Å². The normalized spacial score (nSPS) is 12.9. The minimum Gasteiger partial charge on any atom is -0.462 e. The Kier molecular flexibility index (Phi) is 64.8. The predicted octanol–water partition coefficient (Wildman–Crippen LogP) is 23.6. The lowest BCUT2D eigenvalue weighted by Crippen LogP contribution is -2.30. The van der Waals surface area contributed by atoms with Crippen LogP contribution in [0, 0.1) is 0 Å². The highest BCUT2D eigenvalue weighted by molar-refractivity contribution is 5.71. The zero-order valence-corrected chi connectivity index (χ0v) is 53.0. The van der Waals surface area contributed by atoms with Crippen molar-refractivity contribution in [2.24, 2.45) is 0 Å². The van der Waals surface area contributed by atoms with Gasteiger partial charge < -0.3 is 14.2 Å². The molecule has 0 aliphatic heterocycles. The van der Waals surface area contributed by atoms with Crippen molar-refractivity contribution in [1.82, 2.24) is 0 Å². The fourth-order valence-electron chi connectivity index (χ4n) is 9.40. The minimum absolute atomic E-state index is 0.0855. The van der Waals surface area contributed by atoms with Gasteiger partial charge in [-0.3, -0.25) is 14.4 Å². The zero-order chi connectivity index (χ0) is 58.5. The first kappa shape index (κ1) is 76.8. The molecule has 6 heteroatoms. The van der Waals surface area contributed by atoms with Crippen LogP contribution >= 0.6 is 0 Å².